The van der Waals surface area contributed by atoms with E-state index < -0.39 is 38.3 Å². The number of aromatic carboxylic acids is 1. The number of thiazole rings is 1. The molecular formula is C31H25F3N4O4S2. The third-order valence-corrected chi connectivity index (χ3v) is 9.31. The molecule has 2 aromatic heterocycles. The number of aryl methyl sites for hydroxylation is 1. The van der Waals surface area contributed by atoms with Crippen LogP contribution in [0.1, 0.15) is 45.7 Å². The molecule has 0 unspecified atom stereocenters. The molecule has 0 aliphatic heterocycles. The van der Waals surface area contributed by atoms with Gasteiger partial charge in [-0.05, 0) is 85.2 Å². The smallest absolute Gasteiger partial charge is 0.355 e. The van der Waals surface area contributed by atoms with E-state index in [1.807, 2.05) is 0 Å². The summed E-state index contributed by atoms with van der Waals surface area (Å²) in [7, 11) is -4.28. The van der Waals surface area contributed by atoms with E-state index in [9.17, 15) is 27.1 Å². The number of rotatable bonds is 9. The number of carbonyl (C=O) groups is 1. The summed E-state index contributed by atoms with van der Waals surface area (Å²) in [6.07, 6.45) is 2.64. The molecule has 1 aliphatic carbocycles. The molecule has 226 valence electrons. The lowest BCUT2D eigenvalue weighted by atomic mass is 9.92. The number of primary sulfonamides is 1. The molecular weight excluding hydrogens is 613 g/mol. The summed E-state index contributed by atoms with van der Waals surface area (Å²) in [6, 6.07) is 12.2. The van der Waals surface area contributed by atoms with Gasteiger partial charge in [0.2, 0.25) is 15.2 Å². The lowest BCUT2D eigenvalue weighted by Crippen LogP contribution is -2.14. The van der Waals surface area contributed by atoms with Gasteiger partial charge in [0.15, 0.2) is 5.69 Å². The Labute approximate surface area is 254 Å². The number of halogens is 3. The third kappa shape index (κ3) is 5.90. The molecule has 0 saturated heterocycles. The Hall–Kier alpha value is -4.33. The van der Waals surface area contributed by atoms with Crippen molar-refractivity contribution < 1.29 is 31.5 Å². The molecule has 3 aromatic carbocycles. The van der Waals surface area contributed by atoms with Crippen molar-refractivity contribution in [1.82, 2.24) is 14.8 Å². The van der Waals surface area contributed by atoms with Crippen LogP contribution >= 0.6 is 11.3 Å². The summed E-state index contributed by atoms with van der Waals surface area (Å²) in [6.45, 7) is 1.71. The number of hydrogen-bond donors (Lipinski definition) is 2. The van der Waals surface area contributed by atoms with Gasteiger partial charge in [-0.15, -0.1) is 11.3 Å². The summed E-state index contributed by atoms with van der Waals surface area (Å²) in [5, 5.41) is 21.3. The van der Waals surface area contributed by atoms with Crippen molar-refractivity contribution >= 4 is 27.3 Å². The number of aromatic nitrogens is 3. The largest absolute Gasteiger partial charge is 0.476 e. The molecule has 1 aliphatic rings. The minimum atomic E-state index is -4.28. The van der Waals surface area contributed by atoms with E-state index in [2.05, 4.69) is 4.98 Å². The molecule has 13 heteroatoms. The molecule has 6 rings (SSSR count). The highest BCUT2D eigenvalue weighted by Crippen LogP contribution is 2.40. The Balaban J connectivity index is 1.58. The van der Waals surface area contributed by atoms with Gasteiger partial charge >= 0.3 is 5.97 Å². The van der Waals surface area contributed by atoms with Gasteiger partial charge in [0.25, 0.3) is 0 Å². The maximum atomic E-state index is 15.3. The van der Waals surface area contributed by atoms with Crippen molar-refractivity contribution in [2.45, 2.75) is 37.5 Å². The van der Waals surface area contributed by atoms with Gasteiger partial charge in [0.1, 0.15) is 22.3 Å². The van der Waals surface area contributed by atoms with Crippen LogP contribution in [0.4, 0.5) is 13.2 Å². The maximum absolute atomic E-state index is 15.3. The first-order valence-electron chi connectivity index (χ1n) is 13.6. The lowest BCUT2D eigenvalue weighted by molar-refractivity contribution is 0.0691. The zero-order valence-corrected chi connectivity index (χ0v) is 24.9. The zero-order valence-electron chi connectivity index (χ0n) is 23.2. The second kappa shape index (κ2) is 11.3. The molecule has 1 fully saturated rings. The Bertz CT molecular complexity index is 2050. The summed E-state index contributed by atoms with van der Waals surface area (Å²) in [5.74, 6) is -2.93. The minimum Gasteiger partial charge on any atom is -0.476 e. The van der Waals surface area contributed by atoms with Crippen molar-refractivity contribution in [2.24, 2.45) is 11.1 Å². The van der Waals surface area contributed by atoms with E-state index in [4.69, 9.17) is 10.2 Å². The first kappa shape index (κ1) is 29.7. The molecule has 44 heavy (non-hydrogen) atoms. The fourth-order valence-electron chi connectivity index (χ4n) is 5.20. The van der Waals surface area contributed by atoms with E-state index in [1.54, 1.807) is 23.7 Å². The third-order valence-electron chi connectivity index (χ3n) is 7.55. The van der Waals surface area contributed by atoms with Gasteiger partial charge in [-0.1, -0.05) is 18.2 Å². The van der Waals surface area contributed by atoms with Crippen LogP contribution in [-0.4, -0.2) is 34.3 Å². The highest BCUT2D eigenvalue weighted by atomic mass is 32.2. The van der Waals surface area contributed by atoms with Crippen LogP contribution in [0, 0.1) is 30.3 Å². The fraction of sp³-hybridized carbons (Fsp3) is 0.194. The van der Waals surface area contributed by atoms with Crippen molar-refractivity contribution in [3.63, 3.8) is 0 Å². The Morgan fingerprint density at radius 2 is 1.84 bits per heavy atom. The SMILES string of the molecule is Cc1cc(F)c(-c2cccc(F)c2)cc1-c1nn(-c2nc(C(=O)O)cs2)c(CC2CC2)c1Cc1ccc(S(N)(=O)=O)c(F)c1. The Kier molecular flexibility index (Phi) is 7.64. The van der Waals surface area contributed by atoms with E-state index in [0.29, 0.717) is 51.0 Å². The van der Waals surface area contributed by atoms with E-state index in [1.165, 1.54) is 35.7 Å². The van der Waals surface area contributed by atoms with Gasteiger partial charge in [-0.3, -0.25) is 0 Å². The molecule has 0 radical (unpaired) electrons. The number of nitrogens with zero attached hydrogens (tertiary/aromatic N) is 3. The number of benzene rings is 3. The number of hydrogen-bond acceptors (Lipinski definition) is 6. The van der Waals surface area contributed by atoms with Crippen LogP contribution in [0.3, 0.4) is 0 Å². The summed E-state index contributed by atoms with van der Waals surface area (Å²) >= 11 is 1.10. The highest BCUT2D eigenvalue weighted by molar-refractivity contribution is 7.89. The Morgan fingerprint density at radius 3 is 2.48 bits per heavy atom. The quantitative estimate of drug-likeness (QED) is 0.196. The second-order valence-electron chi connectivity index (χ2n) is 10.8. The number of nitrogens with two attached hydrogens (primary N) is 1. The molecule has 3 N–H and O–H groups in total. The molecule has 0 atom stereocenters. The molecule has 2 heterocycles. The van der Waals surface area contributed by atoms with Gasteiger partial charge in [0, 0.05) is 28.5 Å². The van der Waals surface area contributed by atoms with Gasteiger partial charge in [0.05, 0.1) is 11.4 Å². The molecule has 0 amide bonds. The van der Waals surface area contributed by atoms with Crippen LogP contribution in [0.2, 0.25) is 0 Å². The molecule has 0 bridgehead atoms. The van der Waals surface area contributed by atoms with Crippen molar-refractivity contribution in [3.05, 3.63) is 106 Å². The monoisotopic (exact) mass is 638 g/mol. The first-order chi connectivity index (χ1) is 20.9. The average molecular weight is 639 g/mol. The van der Waals surface area contributed by atoms with Crippen molar-refractivity contribution in [3.8, 4) is 27.5 Å². The first-order valence-corrected chi connectivity index (χ1v) is 16.0. The van der Waals surface area contributed by atoms with Crippen LogP contribution in [-0.2, 0) is 22.9 Å². The standard InChI is InChI=1S/C31H25F3N4O4S2/c1-16-9-24(33)22(19-3-2-4-20(32)13-19)14-21(16)29-23(10-18-7-8-28(25(34)11-18)44(35,41)42)27(12-17-5-6-17)38(37-29)31-36-26(15-43-31)30(39)40/h2-4,7-9,11,13-15,17H,5-6,10,12H2,1H3,(H,39,40)(H2,35,41,42). The molecule has 1 saturated carbocycles. The van der Waals surface area contributed by atoms with Gasteiger partial charge in [-0.25, -0.2) is 41.2 Å². The maximum Gasteiger partial charge on any atom is 0.355 e. The average Bonchev–Trinajstić information content (AvgIpc) is 3.51. The van der Waals surface area contributed by atoms with Gasteiger partial charge in [-0.2, -0.15) is 5.10 Å². The zero-order chi connectivity index (χ0) is 31.3. The topological polar surface area (TPSA) is 128 Å². The predicted octanol–water partition coefficient (Wildman–Crippen LogP) is 6.28. The second-order valence-corrected chi connectivity index (χ2v) is 13.2. The predicted molar refractivity (Wildman–Crippen MR) is 159 cm³/mol. The summed E-state index contributed by atoms with van der Waals surface area (Å²) in [4.78, 5) is 15.3. The van der Waals surface area contributed by atoms with Crippen LogP contribution in [0.5, 0.6) is 0 Å². The van der Waals surface area contributed by atoms with Crippen molar-refractivity contribution in [1.29, 1.82) is 0 Å². The molecule has 0 spiro atoms. The van der Waals surface area contributed by atoms with Crippen LogP contribution in [0.15, 0.2) is 64.9 Å². The lowest BCUT2D eigenvalue weighted by Gasteiger charge is -2.13. The van der Waals surface area contributed by atoms with E-state index >= 15 is 4.39 Å². The summed E-state index contributed by atoms with van der Waals surface area (Å²) in [5.41, 5.74) is 3.65. The molecule has 5 aromatic rings. The van der Waals surface area contributed by atoms with E-state index in [0.717, 1.165) is 42.0 Å². The fourth-order valence-corrected chi connectivity index (χ4v) is 6.57. The Morgan fingerprint density at radius 1 is 1.07 bits per heavy atom. The van der Waals surface area contributed by atoms with Crippen molar-refractivity contribution in [2.75, 3.05) is 0 Å². The van der Waals surface area contributed by atoms with Crippen LogP contribution in [0.25, 0.3) is 27.5 Å². The van der Waals surface area contributed by atoms with Gasteiger partial charge < -0.3 is 5.11 Å². The number of carboxylic acid groups (broad SMARTS) is 1. The number of carboxylic acids is 1. The van der Waals surface area contributed by atoms with Crippen LogP contribution < -0.4 is 5.14 Å². The summed E-state index contributed by atoms with van der Waals surface area (Å²) < 4.78 is 69.5. The van der Waals surface area contributed by atoms with E-state index in [-0.39, 0.29) is 17.7 Å². The highest BCUT2D eigenvalue weighted by Gasteiger charge is 2.30. The minimum absolute atomic E-state index is 0.114. The number of sulfonamides is 1. The normalized spacial score (nSPS) is 13.4. The molecule has 8 nitrogen and oxygen atoms in total.